The number of ether oxygens (including phenoxy) is 2. The molecule has 0 bridgehead atoms. The summed E-state index contributed by atoms with van der Waals surface area (Å²) < 4.78 is 10.7. The van der Waals surface area contributed by atoms with Gasteiger partial charge in [0.25, 0.3) is 5.91 Å². The molecule has 0 saturated carbocycles. The van der Waals surface area contributed by atoms with E-state index in [0.29, 0.717) is 23.7 Å². The van der Waals surface area contributed by atoms with Gasteiger partial charge in [-0.2, -0.15) is 0 Å². The van der Waals surface area contributed by atoms with E-state index < -0.39 is 0 Å². The van der Waals surface area contributed by atoms with Crippen LogP contribution in [-0.4, -0.2) is 31.7 Å². The van der Waals surface area contributed by atoms with Gasteiger partial charge in [-0.05, 0) is 55.8 Å². The van der Waals surface area contributed by atoms with Crippen molar-refractivity contribution in [2.45, 2.75) is 13.8 Å². The zero-order valence-electron chi connectivity index (χ0n) is 17.1. The number of carbonyl (C=O) groups is 1. The van der Waals surface area contributed by atoms with Crippen molar-refractivity contribution in [2.24, 2.45) is 0 Å². The van der Waals surface area contributed by atoms with E-state index in [0.717, 1.165) is 22.6 Å². The second kappa shape index (κ2) is 9.10. The molecule has 0 radical (unpaired) electrons. The quantitative estimate of drug-likeness (QED) is 0.626. The van der Waals surface area contributed by atoms with E-state index in [-0.39, 0.29) is 5.91 Å². The van der Waals surface area contributed by atoms with Gasteiger partial charge in [0, 0.05) is 18.3 Å². The van der Waals surface area contributed by atoms with Crippen LogP contribution in [-0.2, 0) is 0 Å². The number of nitrogens with zero attached hydrogens (tertiary/aromatic N) is 2. The number of hydrogen-bond acceptors (Lipinski definition) is 5. The highest BCUT2D eigenvalue weighted by Crippen LogP contribution is 2.31. The van der Waals surface area contributed by atoms with Crippen molar-refractivity contribution in [1.29, 1.82) is 0 Å². The lowest BCUT2D eigenvalue weighted by molar-refractivity contribution is 0.0983. The Balaban J connectivity index is 1.80. The number of benzene rings is 2. The first kappa shape index (κ1) is 20.2. The summed E-state index contributed by atoms with van der Waals surface area (Å²) in [7, 11) is 3.22. The van der Waals surface area contributed by atoms with E-state index >= 15 is 0 Å². The van der Waals surface area contributed by atoms with Crippen LogP contribution in [0.3, 0.4) is 0 Å². The van der Waals surface area contributed by atoms with Crippen LogP contribution in [0.2, 0.25) is 0 Å². The van der Waals surface area contributed by atoms with Crippen LogP contribution in [0.5, 0.6) is 11.5 Å². The van der Waals surface area contributed by atoms with Crippen LogP contribution < -0.4 is 19.7 Å². The first-order chi connectivity index (χ1) is 14.0. The summed E-state index contributed by atoms with van der Waals surface area (Å²) in [4.78, 5) is 19.0. The molecule has 6 nitrogen and oxygen atoms in total. The number of hydrogen-bond donors (Lipinski definition) is 1. The smallest absolute Gasteiger partial charge is 0.276 e. The molecule has 6 heteroatoms. The van der Waals surface area contributed by atoms with E-state index in [2.05, 4.69) is 10.3 Å². The minimum atomic E-state index is -0.136. The average Bonchev–Trinajstić information content (AvgIpc) is 2.74. The van der Waals surface area contributed by atoms with Gasteiger partial charge in [-0.25, -0.2) is 4.98 Å². The van der Waals surface area contributed by atoms with E-state index in [9.17, 15) is 4.79 Å². The maximum atomic E-state index is 12.9. The molecule has 150 valence electrons. The monoisotopic (exact) mass is 391 g/mol. The predicted octanol–water partition coefficient (Wildman–Crippen LogP) is 4.82. The molecule has 3 rings (SSSR count). The van der Waals surface area contributed by atoms with Gasteiger partial charge in [-0.3, -0.25) is 4.79 Å². The average molecular weight is 391 g/mol. The SMILES string of the molecule is CCN(C(=O)c1ccc(Nc2cc(OC)ccc2OC)cn1)c1cccc(C)c1. The molecule has 0 aliphatic carbocycles. The maximum Gasteiger partial charge on any atom is 0.276 e. The minimum Gasteiger partial charge on any atom is -0.497 e. The standard InChI is InChI=1S/C23H25N3O3/c1-5-26(18-8-6-7-16(2)13-18)23(27)20-11-9-17(15-24-20)25-21-14-19(28-3)10-12-22(21)29-4/h6-15,25H,5H2,1-4H3. The van der Waals surface area contributed by atoms with Crippen molar-refractivity contribution in [3.05, 3.63) is 72.1 Å². The fraction of sp³-hybridized carbons (Fsp3) is 0.217. The van der Waals surface area contributed by atoms with Crippen LogP contribution in [0.4, 0.5) is 17.1 Å². The summed E-state index contributed by atoms with van der Waals surface area (Å²) >= 11 is 0. The Kier molecular flexibility index (Phi) is 6.34. The highest BCUT2D eigenvalue weighted by Gasteiger charge is 2.17. The summed E-state index contributed by atoms with van der Waals surface area (Å²) in [6, 6.07) is 16.9. The number of carbonyl (C=O) groups excluding carboxylic acids is 1. The van der Waals surface area contributed by atoms with Crippen LogP contribution in [0, 0.1) is 6.92 Å². The molecule has 1 amide bonds. The van der Waals surface area contributed by atoms with Crippen LogP contribution in [0.1, 0.15) is 23.0 Å². The van der Waals surface area contributed by atoms with Gasteiger partial charge in [0.2, 0.25) is 0 Å². The summed E-state index contributed by atoms with van der Waals surface area (Å²) in [6.45, 7) is 4.52. The highest BCUT2D eigenvalue weighted by atomic mass is 16.5. The molecule has 0 atom stereocenters. The van der Waals surface area contributed by atoms with Gasteiger partial charge in [0.15, 0.2) is 0 Å². The second-order valence-electron chi connectivity index (χ2n) is 6.51. The zero-order chi connectivity index (χ0) is 20.8. The Morgan fingerprint density at radius 3 is 2.52 bits per heavy atom. The lowest BCUT2D eigenvalue weighted by Crippen LogP contribution is -2.31. The molecule has 0 aliphatic rings. The van der Waals surface area contributed by atoms with E-state index in [1.54, 1.807) is 31.4 Å². The fourth-order valence-electron chi connectivity index (χ4n) is 3.04. The fourth-order valence-corrected chi connectivity index (χ4v) is 3.04. The van der Waals surface area contributed by atoms with Gasteiger partial charge in [0.1, 0.15) is 17.2 Å². The predicted molar refractivity (Wildman–Crippen MR) is 116 cm³/mol. The Morgan fingerprint density at radius 1 is 1.07 bits per heavy atom. The number of aromatic nitrogens is 1. The number of aryl methyl sites for hydroxylation is 1. The molecule has 0 unspecified atom stereocenters. The van der Waals surface area contributed by atoms with Gasteiger partial charge in [-0.1, -0.05) is 12.1 Å². The van der Waals surface area contributed by atoms with Crippen molar-refractivity contribution >= 4 is 23.0 Å². The van der Waals surface area contributed by atoms with Crippen LogP contribution in [0.15, 0.2) is 60.8 Å². The molecule has 2 aromatic carbocycles. The summed E-state index contributed by atoms with van der Waals surface area (Å²) in [5, 5.41) is 3.25. The lowest BCUT2D eigenvalue weighted by atomic mass is 10.2. The molecule has 1 heterocycles. The molecule has 3 aromatic rings. The number of methoxy groups -OCH3 is 2. The summed E-state index contributed by atoms with van der Waals surface area (Å²) in [5.74, 6) is 1.26. The molecule has 29 heavy (non-hydrogen) atoms. The molecule has 0 fully saturated rings. The first-order valence-corrected chi connectivity index (χ1v) is 9.39. The molecule has 0 spiro atoms. The third-order valence-electron chi connectivity index (χ3n) is 4.54. The Labute approximate surface area is 171 Å². The van der Waals surface area contributed by atoms with E-state index in [1.807, 2.05) is 62.4 Å². The number of amides is 1. The third kappa shape index (κ3) is 4.66. The van der Waals surface area contributed by atoms with E-state index in [1.165, 1.54) is 0 Å². The topological polar surface area (TPSA) is 63.7 Å². The summed E-state index contributed by atoms with van der Waals surface area (Å²) in [6.07, 6.45) is 1.64. The molecular formula is C23H25N3O3. The van der Waals surface area contributed by atoms with Crippen LogP contribution >= 0.6 is 0 Å². The molecular weight excluding hydrogens is 366 g/mol. The zero-order valence-corrected chi connectivity index (χ0v) is 17.1. The number of anilines is 3. The van der Waals surface area contributed by atoms with E-state index in [4.69, 9.17) is 9.47 Å². The highest BCUT2D eigenvalue weighted by molar-refractivity contribution is 6.04. The first-order valence-electron chi connectivity index (χ1n) is 9.39. The van der Waals surface area contributed by atoms with Crippen molar-refractivity contribution in [2.75, 3.05) is 31.0 Å². The second-order valence-corrected chi connectivity index (χ2v) is 6.51. The number of nitrogens with one attached hydrogen (secondary N) is 1. The van der Waals surface area contributed by atoms with Crippen molar-refractivity contribution in [1.82, 2.24) is 4.98 Å². The maximum absolute atomic E-state index is 12.9. The van der Waals surface area contributed by atoms with Crippen molar-refractivity contribution in [3.63, 3.8) is 0 Å². The Bertz CT molecular complexity index is 987. The summed E-state index contributed by atoms with van der Waals surface area (Å²) in [5.41, 5.74) is 3.85. The molecule has 1 N–H and O–H groups in total. The third-order valence-corrected chi connectivity index (χ3v) is 4.54. The Hall–Kier alpha value is -3.54. The van der Waals surface area contributed by atoms with Gasteiger partial charge >= 0.3 is 0 Å². The lowest BCUT2D eigenvalue weighted by Gasteiger charge is -2.21. The van der Waals surface area contributed by atoms with Gasteiger partial charge < -0.3 is 19.7 Å². The number of rotatable bonds is 7. The molecule has 0 aliphatic heterocycles. The van der Waals surface area contributed by atoms with Gasteiger partial charge in [0.05, 0.1) is 31.8 Å². The normalized spacial score (nSPS) is 10.3. The van der Waals surface area contributed by atoms with Crippen LogP contribution in [0.25, 0.3) is 0 Å². The Morgan fingerprint density at radius 2 is 1.90 bits per heavy atom. The van der Waals surface area contributed by atoms with Crippen molar-refractivity contribution < 1.29 is 14.3 Å². The molecule has 1 aromatic heterocycles. The van der Waals surface area contributed by atoms with Crippen molar-refractivity contribution in [3.8, 4) is 11.5 Å². The largest absolute Gasteiger partial charge is 0.497 e. The minimum absolute atomic E-state index is 0.136. The number of pyridine rings is 1. The van der Waals surface area contributed by atoms with Gasteiger partial charge in [-0.15, -0.1) is 0 Å². The molecule has 0 saturated heterocycles.